The average Bonchev–Trinajstić information content (AvgIpc) is 3.02. The van der Waals surface area contributed by atoms with Crippen molar-refractivity contribution in [3.63, 3.8) is 0 Å². The molecule has 3 rings (SSSR count). The maximum Gasteiger partial charge on any atom is 0.354 e. The van der Waals surface area contributed by atoms with Crippen molar-refractivity contribution in [3.8, 4) is 0 Å². The lowest BCUT2D eigenvalue weighted by Gasteiger charge is -2.50. The number of esters is 1. The molecule has 1 atom stereocenters. The number of benzene rings is 1. The maximum absolute atomic E-state index is 13.2. The molecule has 2 aliphatic rings. The van der Waals surface area contributed by atoms with Crippen LogP contribution in [0.3, 0.4) is 0 Å². The van der Waals surface area contributed by atoms with Gasteiger partial charge in [0.1, 0.15) is 0 Å². The van der Waals surface area contributed by atoms with Crippen LogP contribution in [0.25, 0.3) is 0 Å². The van der Waals surface area contributed by atoms with Gasteiger partial charge in [-0.3, -0.25) is 34.9 Å². The van der Waals surface area contributed by atoms with Crippen LogP contribution in [-0.4, -0.2) is 52.8 Å². The van der Waals surface area contributed by atoms with Crippen LogP contribution in [0, 0.1) is 0 Å². The fourth-order valence-electron chi connectivity index (χ4n) is 3.81. The molecule has 0 unspecified atom stereocenters. The van der Waals surface area contributed by atoms with E-state index in [0.717, 1.165) is 0 Å². The molecule has 10 heteroatoms. The molecule has 4 amide bonds. The molecule has 29 heavy (non-hydrogen) atoms. The quantitative estimate of drug-likeness (QED) is 0.543. The number of carbonyl (C=O) groups is 5. The molecule has 0 bridgehead atoms. The Labute approximate surface area is 167 Å². The second-order valence-corrected chi connectivity index (χ2v) is 7.14. The van der Waals surface area contributed by atoms with E-state index >= 15 is 0 Å². The number of para-hydroxylation sites is 1. The number of nitrogens with zero attached hydrogens (tertiary/aromatic N) is 2. The van der Waals surface area contributed by atoms with Gasteiger partial charge in [0.2, 0.25) is 17.5 Å². The number of carbonyl (C=O) groups excluding carboxylic acids is 5. The molecule has 1 aromatic carbocycles. The van der Waals surface area contributed by atoms with Gasteiger partial charge in [0.15, 0.2) is 6.61 Å². The minimum atomic E-state index is -1.66. The summed E-state index contributed by atoms with van der Waals surface area (Å²) in [4.78, 5) is 64.4. The number of nitrogens with one attached hydrogen (secondary N) is 2. The summed E-state index contributed by atoms with van der Waals surface area (Å²) >= 11 is 0. The van der Waals surface area contributed by atoms with Gasteiger partial charge in [-0.15, -0.1) is 0 Å². The summed E-state index contributed by atoms with van der Waals surface area (Å²) in [5, 5.41) is 0. The molecule has 0 aliphatic carbocycles. The van der Waals surface area contributed by atoms with E-state index in [1.807, 2.05) is 0 Å². The van der Waals surface area contributed by atoms with Gasteiger partial charge in [-0.1, -0.05) is 12.1 Å². The third kappa shape index (κ3) is 3.30. The molecule has 2 N–H and O–H groups in total. The molecule has 1 fully saturated rings. The second kappa shape index (κ2) is 7.53. The van der Waals surface area contributed by atoms with Gasteiger partial charge in [0.05, 0.1) is 11.3 Å². The molecule has 1 saturated heterocycles. The number of hydrogen-bond donors (Lipinski definition) is 2. The van der Waals surface area contributed by atoms with Crippen molar-refractivity contribution in [2.24, 2.45) is 0 Å². The molecule has 10 nitrogen and oxygen atoms in total. The number of rotatable bonds is 4. The van der Waals surface area contributed by atoms with Crippen molar-refractivity contribution in [3.05, 3.63) is 29.8 Å². The molecule has 154 valence electrons. The average molecular weight is 402 g/mol. The largest absolute Gasteiger partial charge is 0.452 e. The summed E-state index contributed by atoms with van der Waals surface area (Å²) in [5.74, 6) is -2.81. The van der Waals surface area contributed by atoms with Gasteiger partial charge in [0.25, 0.3) is 11.8 Å². The summed E-state index contributed by atoms with van der Waals surface area (Å²) in [6.45, 7) is 4.01. The van der Waals surface area contributed by atoms with Crippen molar-refractivity contribution < 1.29 is 28.7 Å². The van der Waals surface area contributed by atoms with Gasteiger partial charge < -0.3 is 9.64 Å². The van der Waals surface area contributed by atoms with Crippen molar-refractivity contribution in [2.45, 2.75) is 45.3 Å². The Morgan fingerprint density at radius 1 is 1.17 bits per heavy atom. The Morgan fingerprint density at radius 3 is 2.52 bits per heavy atom. The lowest BCUT2D eigenvalue weighted by atomic mass is 9.95. The summed E-state index contributed by atoms with van der Waals surface area (Å²) < 4.78 is 5.18. The van der Waals surface area contributed by atoms with E-state index in [9.17, 15) is 24.0 Å². The van der Waals surface area contributed by atoms with E-state index in [0.29, 0.717) is 11.3 Å². The van der Waals surface area contributed by atoms with Crippen molar-refractivity contribution in [2.75, 3.05) is 11.5 Å². The second-order valence-electron chi connectivity index (χ2n) is 7.14. The maximum atomic E-state index is 13.2. The number of hydrazine groups is 1. The Balaban J connectivity index is 1.96. The third-order valence-corrected chi connectivity index (χ3v) is 4.86. The van der Waals surface area contributed by atoms with Crippen LogP contribution in [0.5, 0.6) is 0 Å². The number of amides is 4. The van der Waals surface area contributed by atoms with Gasteiger partial charge in [-0.05, 0) is 26.0 Å². The summed E-state index contributed by atoms with van der Waals surface area (Å²) in [5.41, 5.74) is 3.18. The fourth-order valence-corrected chi connectivity index (χ4v) is 3.81. The van der Waals surface area contributed by atoms with Gasteiger partial charge in [-0.2, -0.15) is 0 Å². The predicted molar refractivity (Wildman–Crippen MR) is 100 cm³/mol. The molecule has 2 heterocycles. The highest BCUT2D eigenvalue weighted by Gasteiger charge is 2.62. The van der Waals surface area contributed by atoms with Crippen LogP contribution >= 0.6 is 0 Å². The molecule has 0 aromatic heterocycles. The monoisotopic (exact) mass is 402 g/mol. The van der Waals surface area contributed by atoms with Gasteiger partial charge in [0, 0.05) is 25.8 Å². The van der Waals surface area contributed by atoms with E-state index in [2.05, 4.69) is 10.9 Å². The lowest BCUT2D eigenvalue weighted by molar-refractivity contribution is -0.161. The van der Waals surface area contributed by atoms with E-state index in [1.165, 1.54) is 16.7 Å². The highest BCUT2D eigenvalue weighted by molar-refractivity contribution is 6.15. The van der Waals surface area contributed by atoms with E-state index in [1.54, 1.807) is 38.1 Å². The zero-order chi connectivity index (χ0) is 21.3. The Hall–Kier alpha value is -3.43. The van der Waals surface area contributed by atoms with Crippen molar-refractivity contribution >= 4 is 35.3 Å². The Kier molecular flexibility index (Phi) is 5.27. The molecule has 1 aromatic rings. The molecular weight excluding hydrogens is 380 g/mol. The highest BCUT2D eigenvalue weighted by Crippen LogP contribution is 2.45. The van der Waals surface area contributed by atoms with Crippen LogP contribution in [0.15, 0.2) is 24.3 Å². The SMILES string of the molecule is CC(=O)NNC(=O)COC(=O)[C@]12CCC(=O)N1c1ccccc1C(=O)N2C(C)C. The summed E-state index contributed by atoms with van der Waals surface area (Å²) in [6, 6.07) is 6.17. The Bertz CT molecular complexity index is 898. The third-order valence-electron chi connectivity index (χ3n) is 4.86. The van der Waals surface area contributed by atoms with Gasteiger partial charge in [-0.25, -0.2) is 4.79 Å². The smallest absolute Gasteiger partial charge is 0.354 e. The number of anilines is 1. The highest BCUT2D eigenvalue weighted by atomic mass is 16.5. The molecule has 0 spiro atoms. The number of ether oxygens (including phenoxy) is 1. The van der Waals surface area contributed by atoms with Crippen LogP contribution in [-0.2, 0) is 23.9 Å². The zero-order valence-corrected chi connectivity index (χ0v) is 16.4. The van der Waals surface area contributed by atoms with Crippen LogP contribution in [0.4, 0.5) is 5.69 Å². The summed E-state index contributed by atoms with van der Waals surface area (Å²) in [6.07, 6.45) is 0.105. The van der Waals surface area contributed by atoms with Gasteiger partial charge >= 0.3 is 5.97 Å². The zero-order valence-electron chi connectivity index (χ0n) is 16.4. The minimum Gasteiger partial charge on any atom is -0.452 e. The first-order valence-electron chi connectivity index (χ1n) is 9.18. The minimum absolute atomic E-state index is 0.0518. The predicted octanol–water partition coefficient (Wildman–Crippen LogP) is 0.0844. The first-order valence-corrected chi connectivity index (χ1v) is 9.18. The van der Waals surface area contributed by atoms with Crippen molar-refractivity contribution in [1.82, 2.24) is 15.8 Å². The molecular formula is C19H22N4O6. The van der Waals surface area contributed by atoms with E-state index in [4.69, 9.17) is 4.74 Å². The number of hydrogen-bond acceptors (Lipinski definition) is 6. The fraction of sp³-hybridized carbons (Fsp3) is 0.421. The summed E-state index contributed by atoms with van der Waals surface area (Å²) in [7, 11) is 0. The standard InChI is InChI=1S/C19H22N4O6/c1-11(2)22-17(27)13-6-4-5-7-14(13)23-16(26)8-9-19(22,23)18(28)29-10-15(25)21-20-12(3)24/h4-7,11H,8-10H2,1-3H3,(H,20,24)(H,21,25)/t19-/m0/s1. The first-order chi connectivity index (χ1) is 13.7. The van der Waals surface area contributed by atoms with Crippen molar-refractivity contribution in [1.29, 1.82) is 0 Å². The van der Waals surface area contributed by atoms with Crippen LogP contribution in [0.1, 0.15) is 44.0 Å². The normalized spacial score (nSPS) is 20.3. The lowest BCUT2D eigenvalue weighted by Crippen LogP contribution is -2.70. The first kappa shape index (κ1) is 20.3. The van der Waals surface area contributed by atoms with Crippen LogP contribution < -0.4 is 15.8 Å². The topological polar surface area (TPSA) is 125 Å². The molecule has 2 aliphatic heterocycles. The number of fused-ring (bicyclic) bond motifs is 3. The molecule has 0 radical (unpaired) electrons. The molecule has 0 saturated carbocycles. The van der Waals surface area contributed by atoms with Crippen LogP contribution in [0.2, 0.25) is 0 Å². The Morgan fingerprint density at radius 2 is 1.86 bits per heavy atom. The van der Waals surface area contributed by atoms with E-state index in [-0.39, 0.29) is 24.7 Å². The van der Waals surface area contributed by atoms with E-state index < -0.39 is 36.1 Å².